The van der Waals surface area contributed by atoms with E-state index in [2.05, 4.69) is 5.32 Å². The van der Waals surface area contributed by atoms with E-state index in [1.54, 1.807) is 19.1 Å². The normalized spacial score (nSPS) is 10.3. The summed E-state index contributed by atoms with van der Waals surface area (Å²) in [5.74, 6) is -0.989. The highest BCUT2D eigenvalue weighted by Gasteiger charge is 2.12. The van der Waals surface area contributed by atoms with Gasteiger partial charge >= 0.3 is 0 Å². The Kier molecular flexibility index (Phi) is 3.71. The van der Waals surface area contributed by atoms with Crippen LogP contribution in [-0.4, -0.2) is 5.91 Å². The number of hydrogen-bond donors (Lipinski definition) is 2. The fourth-order valence-corrected chi connectivity index (χ4v) is 1.81. The van der Waals surface area contributed by atoms with Crippen molar-refractivity contribution in [1.82, 2.24) is 0 Å². The molecule has 0 fully saturated rings. The summed E-state index contributed by atoms with van der Waals surface area (Å²) >= 11 is 5.81. The van der Waals surface area contributed by atoms with Crippen LogP contribution in [0.4, 0.5) is 15.8 Å². The van der Waals surface area contributed by atoms with Gasteiger partial charge in [0.05, 0.1) is 11.3 Å². The minimum atomic E-state index is -0.497. The number of aryl methyl sites for hydroxylation is 1. The summed E-state index contributed by atoms with van der Waals surface area (Å²) < 4.78 is 13.6. The number of nitrogens with one attached hydrogen (secondary N) is 1. The highest BCUT2D eigenvalue weighted by atomic mass is 35.5. The molecule has 3 nitrogen and oxygen atoms in total. The Balaban J connectivity index is 2.28. The summed E-state index contributed by atoms with van der Waals surface area (Å²) in [7, 11) is 0. The van der Waals surface area contributed by atoms with Crippen molar-refractivity contribution in [2.75, 3.05) is 11.1 Å². The molecule has 0 saturated heterocycles. The maximum Gasteiger partial charge on any atom is 0.257 e. The van der Waals surface area contributed by atoms with Crippen molar-refractivity contribution >= 4 is 28.9 Å². The van der Waals surface area contributed by atoms with Gasteiger partial charge in [-0.25, -0.2) is 4.39 Å². The molecule has 0 bridgehead atoms. The molecule has 0 heterocycles. The topological polar surface area (TPSA) is 55.1 Å². The highest BCUT2D eigenvalue weighted by Crippen LogP contribution is 2.21. The molecule has 0 spiro atoms. The molecular formula is C14H12ClFN2O. The molecule has 2 aromatic rings. The molecule has 0 aliphatic heterocycles. The predicted molar refractivity (Wildman–Crippen MR) is 75.0 cm³/mol. The van der Waals surface area contributed by atoms with Crippen LogP contribution in [0.5, 0.6) is 0 Å². The molecule has 98 valence electrons. The number of rotatable bonds is 2. The number of amides is 1. The van der Waals surface area contributed by atoms with Crippen LogP contribution in [0.25, 0.3) is 0 Å². The van der Waals surface area contributed by atoms with Gasteiger partial charge in [-0.05, 0) is 42.8 Å². The maximum atomic E-state index is 13.6. The van der Waals surface area contributed by atoms with Crippen molar-refractivity contribution in [2.45, 2.75) is 6.92 Å². The summed E-state index contributed by atoms with van der Waals surface area (Å²) in [6.07, 6.45) is 0. The lowest BCUT2D eigenvalue weighted by Crippen LogP contribution is -2.15. The summed E-state index contributed by atoms with van der Waals surface area (Å²) in [5, 5.41) is 2.86. The van der Waals surface area contributed by atoms with Gasteiger partial charge < -0.3 is 11.1 Å². The average molecular weight is 279 g/mol. The zero-order valence-electron chi connectivity index (χ0n) is 10.2. The van der Waals surface area contributed by atoms with Gasteiger partial charge in [-0.1, -0.05) is 17.7 Å². The number of hydrogen-bond acceptors (Lipinski definition) is 2. The van der Waals surface area contributed by atoms with Crippen molar-refractivity contribution in [3.05, 3.63) is 58.4 Å². The first-order valence-corrected chi connectivity index (χ1v) is 5.97. The number of carbonyl (C=O) groups is 1. The lowest BCUT2D eigenvalue weighted by atomic mass is 10.1. The number of halogens is 2. The third-order valence-corrected chi connectivity index (χ3v) is 2.87. The lowest BCUT2D eigenvalue weighted by molar-refractivity contribution is 0.102. The predicted octanol–water partition coefficient (Wildman–Crippen LogP) is 3.62. The first-order chi connectivity index (χ1) is 8.97. The second kappa shape index (κ2) is 5.28. The quantitative estimate of drug-likeness (QED) is 0.824. The molecule has 19 heavy (non-hydrogen) atoms. The molecule has 5 heteroatoms. The second-order valence-corrected chi connectivity index (χ2v) is 4.61. The van der Waals surface area contributed by atoms with E-state index in [0.717, 1.165) is 5.56 Å². The average Bonchev–Trinajstić information content (AvgIpc) is 2.35. The fraction of sp³-hybridized carbons (Fsp3) is 0.0714. The van der Waals surface area contributed by atoms with Crippen LogP contribution in [0.1, 0.15) is 15.9 Å². The first kappa shape index (κ1) is 13.4. The van der Waals surface area contributed by atoms with Crippen LogP contribution in [0, 0.1) is 12.7 Å². The van der Waals surface area contributed by atoms with E-state index >= 15 is 0 Å². The molecule has 0 aliphatic rings. The Morgan fingerprint density at radius 2 is 2.00 bits per heavy atom. The molecule has 0 atom stereocenters. The van der Waals surface area contributed by atoms with E-state index in [1.165, 1.54) is 24.3 Å². The van der Waals surface area contributed by atoms with Crippen LogP contribution >= 0.6 is 11.6 Å². The Bertz CT molecular complexity index is 643. The minimum Gasteiger partial charge on any atom is -0.398 e. The third-order valence-electron chi connectivity index (χ3n) is 2.63. The molecular weight excluding hydrogens is 267 g/mol. The van der Waals surface area contributed by atoms with Gasteiger partial charge in [0.1, 0.15) is 5.82 Å². The van der Waals surface area contributed by atoms with Gasteiger partial charge in [0.2, 0.25) is 0 Å². The molecule has 0 aromatic heterocycles. The van der Waals surface area contributed by atoms with E-state index in [4.69, 9.17) is 17.3 Å². The standard InChI is InChI=1S/C14H12ClFN2O/c1-8-2-5-13(11(16)6-8)18-14(19)10-7-9(15)3-4-12(10)17/h2-7H,17H2,1H3,(H,18,19). The molecule has 0 saturated carbocycles. The number of carbonyl (C=O) groups excluding carboxylic acids is 1. The molecule has 0 radical (unpaired) electrons. The molecule has 0 aliphatic carbocycles. The van der Waals surface area contributed by atoms with E-state index in [0.29, 0.717) is 5.02 Å². The Morgan fingerprint density at radius 3 is 2.68 bits per heavy atom. The minimum absolute atomic E-state index is 0.106. The number of anilines is 2. The van der Waals surface area contributed by atoms with Crippen molar-refractivity contribution < 1.29 is 9.18 Å². The van der Waals surface area contributed by atoms with E-state index < -0.39 is 11.7 Å². The fourth-order valence-electron chi connectivity index (χ4n) is 1.64. The molecule has 0 unspecified atom stereocenters. The van der Waals surface area contributed by atoms with Gasteiger partial charge in [-0.15, -0.1) is 0 Å². The van der Waals surface area contributed by atoms with Crippen LogP contribution in [0.3, 0.4) is 0 Å². The van der Waals surface area contributed by atoms with Gasteiger partial charge in [0.25, 0.3) is 5.91 Å². The van der Waals surface area contributed by atoms with Gasteiger partial charge in [-0.3, -0.25) is 4.79 Å². The summed E-state index contributed by atoms with van der Waals surface area (Å²) in [5.41, 5.74) is 7.08. The van der Waals surface area contributed by atoms with Crippen molar-refractivity contribution in [2.24, 2.45) is 0 Å². The smallest absolute Gasteiger partial charge is 0.257 e. The second-order valence-electron chi connectivity index (χ2n) is 4.17. The van der Waals surface area contributed by atoms with Gasteiger partial charge in [-0.2, -0.15) is 0 Å². The number of nitrogen functional groups attached to an aromatic ring is 1. The number of nitrogens with two attached hydrogens (primary N) is 1. The summed E-state index contributed by atoms with van der Waals surface area (Å²) in [4.78, 5) is 12.0. The van der Waals surface area contributed by atoms with E-state index in [1.807, 2.05) is 0 Å². The van der Waals surface area contributed by atoms with Crippen molar-refractivity contribution in [1.29, 1.82) is 0 Å². The Morgan fingerprint density at radius 1 is 1.26 bits per heavy atom. The largest absolute Gasteiger partial charge is 0.398 e. The highest BCUT2D eigenvalue weighted by molar-refractivity contribution is 6.31. The third kappa shape index (κ3) is 3.03. The SMILES string of the molecule is Cc1ccc(NC(=O)c2cc(Cl)ccc2N)c(F)c1. The van der Waals surface area contributed by atoms with E-state index in [-0.39, 0.29) is 16.9 Å². The van der Waals surface area contributed by atoms with Crippen LogP contribution in [0.15, 0.2) is 36.4 Å². The first-order valence-electron chi connectivity index (χ1n) is 5.60. The number of benzene rings is 2. The molecule has 2 aromatic carbocycles. The lowest BCUT2D eigenvalue weighted by Gasteiger charge is -2.09. The van der Waals surface area contributed by atoms with Gasteiger partial charge in [0, 0.05) is 10.7 Å². The van der Waals surface area contributed by atoms with Crippen LogP contribution < -0.4 is 11.1 Å². The van der Waals surface area contributed by atoms with Crippen LogP contribution in [-0.2, 0) is 0 Å². The summed E-state index contributed by atoms with van der Waals surface area (Å²) in [6, 6.07) is 9.11. The van der Waals surface area contributed by atoms with E-state index in [9.17, 15) is 9.18 Å². The van der Waals surface area contributed by atoms with Gasteiger partial charge in [0.15, 0.2) is 0 Å². The Hall–Kier alpha value is -2.07. The van der Waals surface area contributed by atoms with Crippen molar-refractivity contribution in [3.8, 4) is 0 Å². The van der Waals surface area contributed by atoms with Crippen LogP contribution in [0.2, 0.25) is 5.02 Å². The summed E-state index contributed by atoms with van der Waals surface area (Å²) in [6.45, 7) is 1.77. The molecule has 1 amide bonds. The Labute approximate surface area is 115 Å². The maximum absolute atomic E-state index is 13.6. The molecule has 3 N–H and O–H groups in total. The zero-order valence-corrected chi connectivity index (χ0v) is 11.0. The molecule has 2 rings (SSSR count). The van der Waals surface area contributed by atoms with Crippen molar-refractivity contribution in [3.63, 3.8) is 0 Å². The zero-order chi connectivity index (χ0) is 14.0. The monoisotopic (exact) mass is 278 g/mol.